The molecule has 1 fully saturated rings. The third-order valence-electron chi connectivity index (χ3n) is 3.11. The highest BCUT2D eigenvalue weighted by Gasteiger charge is 2.17. The van der Waals surface area contributed by atoms with Crippen LogP contribution in [0.25, 0.3) is 0 Å². The Labute approximate surface area is 99.3 Å². The molecule has 4 nitrogen and oxygen atoms in total. The second kappa shape index (κ2) is 8.93. The first-order chi connectivity index (χ1) is 7.86. The number of likely N-dealkylation sites (tertiary alicyclic amines) is 1. The molecule has 1 N–H and O–H groups in total. The highest BCUT2D eigenvalue weighted by atomic mass is 16.5. The SMILES string of the molecule is CNC1CCCN(CCCOCCOC)C1. The van der Waals surface area contributed by atoms with Crippen LogP contribution in [0.3, 0.4) is 0 Å². The van der Waals surface area contributed by atoms with Gasteiger partial charge in [0.1, 0.15) is 0 Å². The van der Waals surface area contributed by atoms with E-state index in [0.29, 0.717) is 12.6 Å². The smallest absolute Gasteiger partial charge is 0.0700 e. The summed E-state index contributed by atoms with van der Waals surface area (Å²) in [6, 6.07) is 0.683. The monoisotopic (exact) mass is 230 g/mol. The maximum absolute atomic E-state index is 5.45. The Morgan fingerprint density at radius 1 is 1.31 bits per heavy atom. The fraction of sp³-hybridized carbons (Fsp3) is 1.00. The zero-order valence-corrected chi connectivity index (χ0v) is 10.7. The van der Waals surface area contributed by atoms with Crippen molar-refractivity contribution < 1.29 is 9.47 Å². The van der Waals surface area contributed by atoms with E-state index >= 15 is 0 Å². The normalized spacial score (nSPS) is 22.5. The summed E-state index contributed by atoms with van der Waals surface area (Å²) >= 11 is 0. The number of hydrogen-bond donors (Lipinski definition) is 1. The largest absolute Gasteiger partial charge is 0.382 e. The van der Waals surface area contributed by atoms with Crippen LogP contribution in [0, 0.1) is 0 Å². The Hall–Kier alpha value is -0.160. The van der Waals surface area contributed by atoms with Crippen LogP contribution in [0.1, 0.15) is 19.3 Å². The molecule has 1 unspecified atom stereocenters. The number of piperidine rings is 1. The summed E-state index contributed by atoms with van der Waals surface area (Å²) in [4.78, 5) is 2.53. The van der Waals surface area contributed by atoms with Gasteiger partial charge >= 0.3 is 0 Å². The Kier molecular flexibility index (Phi) is 7.76. The van der Waals surface area contributed by atoms with Gasteiger partial charge in [0.05, 0.1) is 13.2 Å². The first-order valence-electron chi connectivity index (χ1n) is 6.33. The van der Waals surface area contributed by atoms with Crippen molar-refractivity contribution in [1.29, 1.82) is 0 Å². The van der Waals surface area contributed by atoms with Gasteiger partial charge in [-0.15, -0.1) is 0 Å². The summed E-state index contributed by atoms with van der Waals surface area (Å²) in [7, 11) is 3.76. The van der Waals surface area contributed by atoms with Gasteiger partial charge < -0.3 is 19.7 Å². The Bertz CT molecular complexity index is 167. The van der Waals surface area contributed by atoms with Crippen LogP contribution in [-0.4, -0.2) is 64.6 Å². The lowest BCUT2D eigenvalue weighted by Crippen LogP contribution is -2.44. The molecule has 0 saturated carbocycles. The summed E-state index contributed by atoms with van der Waals surface area (Å²) in [5, 5.41) is 3.36. The van der Waals surface area contributed by atoms with E-state index in [-0.39, 0.29) is 0 Å². The highest BCUT2D eigenvalue weighted by Crippen LogP contribution is 2.09. The Morgan fingerprint density at radius 2 is 2.19 bits per heavy atom. The van der Waals surface area contributed by atoms with Crippen LogP contribution < -0.4 is 5.32 Å². The number of hydrogen-bond acceptors (Lipinski definition) is 4. The molecule has 0 aromatic rings. The number of nitrogens with zero attached hydrogens (tertiary/aromatic N) is 1. The van der Waals surface area contributed by atoms with Gasteiger partial charge in [0.15, 0.2) is 0 Å². The first kappa shape index (κ1) is 13.9. The van der Waals surface area contributed by atoms with Gasteiger partial charge in [-0.2, -0.15) is 0 Å². The van der Waals surface area contributed by atoms with E-state index in [4.69, 9.17) is 9.47 Å². The molecule has 0 aliphatic carbocycles. The third-order valence-corrected chi connectivity index (χ3v) is 3.11. The van der Waals surface area contributed by atoms with E-state index in [1.165, 1.54) is 25.9 Å². The summed E-state index contributed by atoms with van der Waals surface area (Å²) in [6.45, 7) is 5.86. The Morgan fingerprint density at radius 3 is 2.94 bits per heavy atom. The van der Waals surface area contributed by atoms with Crippen LogP contribution in [-0.2, 0) is 9.47 Å². The Balaban J connectivity index is 1.95. The number of methoxy groups -OCH3 is 1. The first-order valence-corrected chi connectivity index (χ1v) is 6.33. The van der Waals surface area contributed by atoms with Gasteiger partial charge in [0.25, 0.3) is 0 Å². The van der Waals surface area contributed by atoms with Crippen LogP contribution >= 0.6 is 0 Å². The van der Waals surface area contributed by atoms with E-state index in [9.17, 15) is 0 Å². The molecule has 1 aliphatic heterocycles. The predicted molar refractivity (Wildman–Crippen MR) is 65.8 cm³/mol. The van der Waals surface area contributed by atoms with E-state index in [2.05, 4.69) is 17.3 Å². The van der Waals surface area contributed by atoms with Crippen molar-refractivity contribution in [3.8, 4) is 0 Å². The predicted octanol–water partition coefficient (Wildman–Crippen LogP) is 0.723. The molecule has 16 heavy (non-hydrogen) atoms. The molecule has 1 aliphatic rings. The van der Waals surface area contributed by atoms with E-state index < -0.39 is 0 Å². The topological polar surface area (TPSA) is 33.7 Å². The highest BCUT2D eigenvalue weighted by molar-refractivity contribution is 4.76. The van der Waals surface area contributed by atoms with E-state index in [1.54, 1.807) is 7.11 Å². The molecule has 1 atom stereocenters. The molecule has 4 heteroatoms. The molecule has 1 heterocycles. The molecule has 1 saturated heterocycles. The fourth-order valence-electron chi connectivity index (χ4n) is 2.13. The van der Waals surface area contributed by atoms with Gasteiger partial charge in [-0.25, -0.2) is 0 Å². The molecule has 0 spiro atoms. The van der Waals surface area contributed by atoms with Crippen molar-refractivity contribution in [3.63, 3.8) is 0 Å². The van der Waals surface area contributed by atoms with Gasteiger partial charge in [0, 0.05) is 32.8 Å². The van der Waals surface area contributed by atoms with Gasteiger partial charge in [-0.05, 0) is 32.9 Å². The van der Waals surface area contributed by atoms with Crippen LogP contribution in [0.15, 0.2) is 0 Å². The lowest BCUT2D eigenvalue weighted by Gasteiger charge is -2.32. The third kappa shape index (κ3) is 5.80. The summed E-state index contributed by atoms with van der Waals surface area (Å²) in [6.07, 6.45) is 3.76. The zero-order valence-electron chi connectivity index (χ0n) is 10.7. The van der Waals surface area contributed by atoms with Crippen molar-refractivity contribution in [2.45, 2.75) is 25.3 Å². The number of rotatable bonds is 8. The van der Waals surface area contributed by atoms with Gasteiger partial charge in [0.2, 0.25) is 0 Å². The van der Waals surface area contributed by atoms with Gasteiger partial charge in [-0.1, -0.05) is 0 Å². The van der Waals surface area contributed by atoms with Crippen molar-refractivity contribution in [2.24, 2.45) is 0 Å². The molecule has 0 bridgehead atoms. The van der Waals surface area contributed by atoms with Crippen LogP contribution in [0.2, 0.25) is 0 Å². The summed E-state index contributed by atoms with van der Waals surface area (Å²) < 4.78 is 10.4. The number of nitrogens with one attached hydrogen (secondary N) is 1. The average Bonchev–Trinajstić information content (AvgIpc) is 2.34. The molecular weight excluding hydrogens is 204 g/mol. The van der Waals surface area contributed by atoms with Crippen LogP contribution in [0.4, 0.5) is 0 Å². The quantitative estimate of drug-likeness (QED) is 0.623. The van der Waals surface area contributed by atoms with E-state index in [1.807, 2.05) is 0 Å². The lowest BCUT2D eigenvalue weighted by atomic mass is 10.1. The van der Waals surface area contributed by atoms with Crippen molar-refractivity contribution in [2.75, 3.05) is 53.6 Å². The van der Waals surface area contributed by atoms with Gasteiger partial charge in [-0.3, -0.25) is 0 Å². The molecule has 0 aromatic heterocycles. The molecule has 0 radical (unpaired) electrons. The molecule has 96 valence electrons. The van der Waals surface area contributed by atoms with E-state index in [0.717, 1.165) is 26.2 Å². The minimum Gasteiger partial charge on any atom is -0.382 e. The minimum absolute atomic E-state index is 0.683. The summed E-state index contributed by atoms with van der Waals surface area (Å²) in [5.74, 6) is 0. The summed E-state index contributed by atoms with van der Waals surface area (Å²) in [5.41, 5.74) is 0. The fourth-order valence-corrected chi connectivity index (χ4v) is 2.13. The second-order valence-electron chi connectivity index (χ2n) is 4.39. The zero-order chi connectivity index (χ0) is 11.6. The standard InChI is InChI=1S/C12H26N2O2/c1-13-12-5-3-6-14(11-12)7-4-8-16-10-9-15-2/h12-13H,3-11H2,1-2H3. The minimum atomic E-state index is 0.683. The number of ether oxygens (including phenoxy) is 2. The van der Waals surface area contributed by atoms with Crippen LogP contribution in [0.5, 0.6) is 0 Å². The van der Waals surface area contributed by atoms with Crippen molar-refractivity contribution >= 4 is 0 Å². The molecule has 1 rings (SSSR count). The van der Waals surface area contributed by atoms with Crippen molar-refractivity contribution in [3.05, 3.63) is 0 Å². The second-order valence-corrected chi connectivity index (χ2v) is 4.39. The molecule has 0 aromatic carbocycles. The lowest BCUT2D eigenvalue weighted by molar-refractivity contribution is 0.0633. The number of likely N-dealkylation sites (N-methyl/N-ethyl adjacent to an activating group) is 1. The maximum atomic E-state index is 5.45. The molecular formula is C12H26N2O2. The van der Waals surface area contributed by atoms with Crippen molar-refractivity contribution in [1.82, 2.24) is 10.2 Å². The molecule has 0 amide bonds. The maximum Gasteiger partial charge on any atom is 0.0700 e. The average molecular weight is 230 g/mol.